The number of benzene rings is 1. The number of ketones is 1. The number of ether oxygens (including phenoxy) is 2. The van der Waals surface area contributed by atoms with E-state index in [1.165, 1.54) is 0 Å². The fourth-order valence-electron chi connectivity index (χ4n) is 1.31. The molecule has 0 radical (unpaired) electrons. The third-order valence-corrected chi connectivity index (χ3v) is 2.49. The summed E-state index contributed by atoms with van der Waals surface area (Å²) < 4.78 is 10.8. The molecule has 0 fully saturated rings. The molecule has 0 bridgehead atoms. The van der Waals surface area contributed by atoms with E-state index >= 15 is 0 Å². The first kappa shape index (κ1) is 14.7. The number of carbonyl (C=O) groups is 2. The number of hydrogen-bond donors (Lipinski definition) is 1. The van der Waals surface area contributed by atoms with Crippen molar-refractivity contribution in [1.82, 2.24) is 0 Å². The molecule has 1 aromatic rings. The minimum atomic E-state index is -1.11. The van der Waals surface area contributed by atoms with Gasteiger partial charge in [-0.05, 0) is 25.1 Å². The Morgan fingerprint density at radius 2 is 2.06 bits per heavy atom. The summed E-state index contributed by atoms with van der Waals surface area (Å²) >= 11 is 3.26. The number of carboxylic acid groups (broad SMARTS) is 1. The summed E-state index contributed by atoms with van der Waals surface area (Å²) in [6.45, 7) is 1.47. The Bertz CT molecular complexity index is 444. The zero-order valence-corrected chi connectivity index (χ0v) is 11.4. The second kappa shape index (κ2) is 7.13. The van der Waals surface area contributed by atoms with Gasteiger partial charge in [0.15, 0.2) is 5.78 Å². The van der Waals surface area contributed by atoms with Crippen LogP contribution in [0.4, 0.5) is 0 Å². The lowest BCUT2D eigenvalue weighted by Gasteiger charge is -2.09. The molecule has 0 aromatic heterocycles. The van der Waals surface area contributed by atoms with Crippen LogP contribution in [0.15, 0.2) is 22.7 Å². The van der Waals surface area contributed by atoms with Gasteiger partial charge >= 0.3 is 5.97 Å². The maximum absolute atomic E-state index is 11.9. The van der Waals surface area contributed by atoms with E-state index in [1.807, 2.05) is 6.92 Å². The summed E-state index contributed by atoms with van der Waals surface area (Å²) in [5, 5.41) is 8.41. The van der Waals surface area contributed by atoms with Crippen molar-refractivity contribution in [3.8, 4) is 5.75 Å². The highest BCUT2D eigenvalue weighted by Crippen LogP contribution is 2.23. The van der Waals surface area contributed by atoms with E-state index in [1.54, 1.807) is 18.2 Å². The molecule has 0 unspecified atom stereocenters. The third-order valence-electron chi connectivity index (χ3n) is 2.00. The highest BCUT2D eigenvalue weighted by Gasteiger charge is 2.14. The fourth-order valence-corrected chi connectivity index (χ4v) is 1.67. The zero-order valence-electron chi connectivity index (χ0n) is 9.81. The molecule has 0 amide bonds. The van der Waals surface area contributed by atoms with Crippen LogP contribution in [0.5, 0.6) is 5.75 Å². The van der Waals surface area contributed by atoms with Crippen molar-refractivity contribution in [3.05, 3.63) is 28.2 Å². The number of carbonyl (C=O) groups excluding carboxylic acids is 1. The summed E-state index contributed by atoms with van der Waals surface area (Å²) in [4.78, 5) is 22.1. The Hall–Kier alpha value is -1.40. The molecule has 0 atom stereocenters. The number of halogens is 1. The van der Waals surface area contributed by atoms with E-state index in [2.05, 4.69) is 15.9 Å². The summed E-state index contributed by atoms with van der Waals surface area (Å²) in [5.74, 6) is -0.965. The van der Waals surface area contributed by atoms with E-state index in [4.69, 9.17) is 14.6 Å². The van der Waals surface area contributed by atoms with Crippen molar-refractivity contribution in [2.24, 2.45) is 0 Å². The predicted molar refractivity (Wildman–Crippen MR) is 68.1 cm³/mol. The first-order chi connectivity index (χ1) is 8.54. The van der Waals surface area contributed by atoms with E-state index in [0.29, 0.717) is 17.9 Å². The molecule has 0 heterocycles. The molecular weight excluding hydrogens is 304 g/mol. The van der Waals surface area contributed by atoms with Gasteiger partial charge in [0, 0.05) is 4.47 Å². The van der Waals surface area contributed by atoms with Crippen LogP contribution in [-0.2, 0) is 9.53 Å². The van der Waals surface area contributed by atoms with E-state index in [0.717, 1.165) is 4.47 Å². The summed E-state index contributed by atoms with van der Waals surface area (Å²) in [7, 11) is 0. The van der Waals surface area contributed by atoms with Crippen LogP contribution < -0.4 is 4.74 Å². The fraction of sp³-hybridized carbons (Fsp3) is 0.333. The lowest BCUT2D eigenvalue weighted by Crippen LogP contribution is -2.15. The van der Waals surface area contributed by atoms with Gasteiger partial charge in [-0.25, -0.2) is 4.79 Å². The largest absolute Gasteiger partial charge is 0.493 e. The molecule has 0 spiro atoms. The van der Waals surface area contributed by atoms with Gasteiger partial charge in [0.1, 0.15) is 19.0 Å². The Morgan fingerprint density at radius 1 is 1.33 bits per heavy atom. The number of Topliss-reactive ketones (excluding diaryl/α,β-unsaturated/α-hetero) is 1. The standard InChI is InChI=1S/C12H13BrO5/c1-2-18-11-4-3-8(13)5-9(11)10(14)6-17-7-12(15)16/h3-5H,2,6-7H2,1H3,(H,15,16). The van der Waals surface area contributed by atoms with Crippen molar-refractivity contribution >= 4 is 27.7 Å². The lowest BCUT2D eigenvalue weighted by molar-refractivity contribution is -0.141. The first-order valence-electron chi connectivity index (χ1n) is 5.29. The van der Waals surface area contributed by atoms with Crippen LogP contribution in [0.1, 0.15) is 17.3 Å². The number of aliphatic carboxylic acids is 1. The van der Waals surface area contributed by atoms with Crippen molar-refractivity contribution in [2.75, 3.05) is 19.8 Å². The summed E-state index contributed by atoms with van der Waals surface area (Å²) in [5.41, 5.74) is 0.372. The first-order valence-corrected chi connectivity index (χ1v) is 6.09. The van der Waals surface area contributed by atoms with Crippen LogP contribution >= 0.6 is 15.9 Å². The molecule has 0 aliphatic carbocycles. The molecule has 5 nitrogen and oxygen atoms in total. The van der Waals surface area contributed by atoms with Crippen LogP contribution in [0, 0.1) is 0 Å². The maximum atomic E-state index is 11.9. The van der Waals surface area contributed by atoms with Crippen molar-refractivity contribution in [2.45, 2.75) is 6.92 Å². The highest BCUT2D eigenvalue weighted by molar-refractivity contribution is 9.10. The average Bonchev–Trinajstić information content (AvgIpc) is 2.31. The molecule has 6 heteroatoms. The minimum absolute atomic E-state index is 0.289. The molecule has 0 saturated heterocycles. The van der Waals surface area contributed by atoms with E-state index in [9.17, 15) is 9.59 Å². The quantitative estimate of drug-likeness (QED) is 0.780. The van der Waals surface area contributed by atoms with Crippen LogP contribution in [0.2, 0.25) is 0 Å². The maximum Gasteiger partial charge on any atom is 0.329 e. The van der Waals surface area contributed by atoms with Gasteiger partial charge in [-0.2, -0.15) is 0 Å². The topological polar surface area (TPSA) is 72.8 Å². The Kier molecular flexibility index (Phi) is 5.80. The van der Waals surface area contributed by atoms with Gasteiger partial charge < -0.3 is 14.6 Å². The van der Waals surface area contributed by atoms with Crippen LogP contribution in [-0.4, -0.2) is 36.7 Å². The number of hydrogen-bond acceptors (Lipinski definition) is 4. The lowest BCUT2D eigenvalue weighted by atomic mass is 10.1. The van der Waals surface area contributed by atoms with Gasteiger partial charge in [-0.1, -0.05) is 15.9 Å². The second-order valence-corrected chi connectivity index (χ2v) is 4.30. The van der Waals surface area contributed by atoms with Crippen molar-refractivity contribution in [3.63, 3.8) is 0 Å². The normalized spacial score (nSPS) is 10.1. The smallest absolute Gasteiger partial charge is 0.329 e. The van der Waals surface area contributed by atoms with Crippen LogP contribution in [0.3, 0.4) is 0 Å². The third kappa shape index (κ3) is 4.46. The molecule has 18 heavy (non-hydrogen) atoms. The monoisotopic (exact) mass is 316 g/mol. The van der Waals surface area contributed by atoms with Crippen molar-refractivity contribution in [1.29, 1.82) is 0 Å². The molecular formula is C12H13BrO5. The van der Waals surface area contributed by atoms with Gasteiger partial charge in [0.05, 0.1) is 12.2 Å². The Morgan fingerprint density at radius 3 is 2.67 bits per heavy atom. The van der Waals surface area contributed by atoms with E-state index in [-0.39, 0.29) is 12.4 Å². The Balaban J connectivity index is 2.76. The molecule has 1 N–H and O–H groups in total. The predicted octanol–water partition coefficient (Wildman–Crippen LogP) is 2.13. The second-order valence-electron chi connectivity index (χ2n) is 3.38. The highest BCUT2D eigenvalue weighted by atomic mass is 79.9. The van der Waals surface area contributed by atoms with Crippen molar-refractivity contribution < 1.29 is 24.2 Å². The molecule has 0 aliphatic heterocycles. The Labute approximate surface area is 113 Å². The van der Waals surface area contributed by atoms with Gasteiger partial charge in [0.25, 0.3) is 0 Å². The number of carboxylic acids is 1. The van der Waals surface area contributed by atoms with Gasteiger partial charge in [-0.15, -0.1) is 0 Å². The van der Waals surface area contributed by atoms with Gasteiger partial charge in [0.2, 0.25) is 0 Å². The molecule has 0 aliphatic rings. The SMILES string of the molecule is CCOc1ccc(Br)cc1C(=O)COCC(=O)O. The average molecular weight is 317 g/mol. The summed E-state index contributed by atoms with van der Waals surface area (Å²) in [6.07, 6.45) is 0. The minimum Gasteiger partial charge on any atom is -0.493 e. The summed E-state index contributed by atoms with van der Waals surface area (Å²) in [6, 6.07) is 5.06. The molecule has 1 rings (SSSR count). The van der Waals surface area contributed by atoms with Gasteiger partial charge in [-0.3, -0.25) is 4.79 Å². The van der Waals surface area contributed by atoms with Crippen LogP contribution in [0.25, 0.3) is 0 Å². The zero-order chi connectivity index (χ0) is 13.5. The molecule has 0 saturated carbocycles. The molecule has 98 valence electrons. The molecule has 1 aromatic carbocycles. The van der Waals surface area contributed by atoms with E-state index < -0.39 is 12.6 Å². The number of rotatable bonds is 7.